The standard InChI is InChI=1S/C22H21ClN4O2/c1-22(2,10-9-14-13-24-21(23)26-18(14)25-15-7-8-15)11-12-27-19(28)16-5-3-4-6-17(16)20(27)29/h3-6,13,15H,7-8,11-12H2,1-2H3,(H,24,25,26). The molecule has 0 saturated heterocycles. The predicted molar refractivity (Wildman–Crippen MR) is 111 cm³/mol. The van der Waals surface area contributed by atoms with Gasteiger partial charge in [0.05, 0.1) is 16.7 Å². The summed E-state index contributed by atoms with van der Waals surface area (Å²) >= 11 is 5.92. The van der Waals surface area contributed by atoms with Crippen LogP contribution in [0.5, 0.6) is 0 Å². The van der Waals surface area contributed by atoms with Crippen molar-refractivity contribution >= 4 is 29.2 Å². The van der Waals surface area contributed by atoms with Gasteiger partial charge in [0.2, 0.25) is 5.28 Å². The Kier molecular flexibility index (Phi) is 5.01. The largest absolute Gasteiger partial charge is 0.366 e. The number of hydrogen-bond donors (Lipinski definition) is 1. The van der Waals surface area contributed by atoms with E-state index in [-0.39, 0.29) is 17.1 Å². The Bertz CT molecular complexity index is 1020. The summed E-state index contributed by atoms with van der Waals surface area (Å²) in [5.41, 5.74) is 1.22. The van der Waals surface area contributed by atoms with Gasteiger partial charge in [0.15, 0.2) is 0 Å². The summed E-state index contributed by atoms with van der Waals surface area (Å²) in [5, 5.41) is 3.51. The first kappa shape index (κ1) is 19.4. The van der Waals surface area contributed by atoms with Crippen LogP contribution >= 0.6 is 11.6 Å². The third-order valence-electron chi connectivity index (χ3n) is 5.05. The second-order valence-electron chi connectivity index (χ2n) is 8.01. The second kappa shape index (κ2) is 7.49. The summed E-state index contributed by atoms with van der Waals surface area (Å²) in [6, 6.07) is 7.34. The maximum atomic E-state index is 12.5. The van der Waals surface area contributed by atoms with Crippen molar-refractivity contribution in [3.05, 3.63) is 52.4 Å². The minimum absolute atomic E-state index is 0.184. The molecule has 2 heterocycles. The van der Waals surface area contributed by atoms with Crippen molar-refractivity contribution in [2.45, 2.75) is 39.2 Å². The Labute approximate surface area is 174 Å². The van der Waals surface area contributed by atoms with Gasteiger partial charge >= 0.3 is 0 Å². The van der Waals surface area contributed by atoms with E-state index in [2.05, 4.69) is 27.1 Å². The van der Waals surface area contributed by atoms with Crippen LogP contribution in [0.4, 0.5) is 5.82 Å². The first-order chi connectivity index (χ1) is 13.8. The molecule has 1 aromatic carbocycles. The van der Waals surface area contributed by atoms with Crippen molar-refractivity contribution in [3.8, 4) is 11.8 Å². The zero-order valence-corrected chi connectivity index (χ0v) is 17.1. The van der Waals surface area contributed by atoms with Crippen LogP contribution in [0.2, 0.25) is 5.28 Å². The lowest BCUT2D eigenvalue weighted by Gasteiger charge is -2.21. The summed E-state index contributed by atoms with van der Waals surface area (Å²) in [7, 11) is 0. The molecule has 1 aromatic heterocycles. The second-order valence-corrected chi connectivity index (χ2v) is 8.35. The molecule has 1 fully saturated rings. The van der Waals surface area contributed by atoms with Gasteiger partial charge in [0.1, 0.15) is 5.82 Å². The van der Waals surface area contributed by atoms with Crippen LogP contribution in [0.3, 0.4) is 0 Å². The van der Waals surface area contributed by atoms with Gasteiger partial charge in [-0.25, -0.2) is 4.98 Å². The SMILES string of the molecule is CC(C)(C#Cc1cnc(Cl)nc1NC1CC1)CCN1C(=O)c2ccccc2C1=O. The van der Waals surface area contributed by atoms with Gasteiger partial charge in [-0.05, 0) is 56.8 Å². The topological polar surface area (TPSA) is 75.2 Å². The van der Waals surface area contributed by atoms with E-state index in [0.717, 1.165) is 12.8 Å². The van der Waals surface area contributed by atoms with Gasteiger partial charge < -0.3 is 5.32 Å². The van der Waals surface area contributed by atoms with Crippen LogP contribution in [0.1, 0.15) is 59.4 Å². The Balaban J connectivity index is 1.46. The molecule has 1 aliphatic carbocycles. The minimum Gasteiger partial charge on any atom is -0.366 e. The summed E-state index contributed by atoms with van der Waals surface area (Å²) in [5.74, 6) is 6.56. The molecular weight excluding hydrogens is 388 g/mol. The molecule has 148 valence electrons. The maximum Gasteiger partial charge on any atom is 0.261 e. The van der Waals surface area contributed by atoms with Gasteiger partial charge in [-0.3, -0.25) is 14.5 Å². The van der Waals surface area contributed by atoms with E-state index in [1.165, 1.54) is 4.90 Å². The number of imide groups is 1. The summed E-state index contributed by atoms with van der Waals surface area (Å²) < 4.78 is 0. The van der Waals surface area contributed by atoms with E-state index in [9.17, 15) is 9.59 Å². The number of hydrogen-bond acceptors (Lipinski definition) is 5. The third-order valence-corrected chi connectivity index (χ3v) is 5.23. The zero-order valence-electron chi connectivity index (χ0n) is 16.3. The highest BCUT2D eigenvalue weighted by molar-refractivity contribution is 6.28. The number of fused-ring (bicyclic) bond motifs is 1. The lowest BCUT2D eigenvalue weighted by Crippen LogP contribution is -2.33. The molecule has 2 aliphatic rings. The number of amides is 2. The van der Waals surface area contributed by atoms with Crippen molar-refractivity contribution in [3.63, 3.8) is 0 Å². The molecule has 2 aromatic rings. The fourth-order valence-corrected chi connectivity index (χ4v) is 3.25. The maximum absolute atomic E-state index is 12.5. The lowest BCUT2D eigenvalue weighted by atomic mass is 9.89. The smallest absolute Gasteiger partial charge is 0.261 e. The van der Waals surface area contributed by atoms with Crippen molar-refractivity contribution in [2.24, 2.45) is 5.41 Å². The van der Waals surface area contributed by atoms with Crippen molar-refractivity contribution in [1.29, 1.82) is 0 Å². The number of nitrogens with one attached hydrogen (secondary N) is 1. The molecule has 1 saturated carbocycles. The predicted octanol–water partition coefficient (Wildman–Crippen LogP) is 3.77. The molecule has 6 nitrogen and oxygen atoms in total. The first-order valence-corrected chi connectivity index (χ1v) is 9.99. The quantitative estimate of drug-likeness (QED) is 0.463. The number of aromatic nitrogens is 2. The van der Waals surface area contributed by atoms with Crippen molar-refractivity contribution < 1.29 is 9.59 Å². The van der Waals surface area contributed by atoms with Gasteiger partial charge in [-0.15, -0.1) is 0 Å². The van der Waals surface area contributed by atoms with E-state index in [4.69, 9.17) is 11.6 Å². The van der Waals surface area contributed by atoms with Crippen LogP contribution in [0.25, 0.3) is 0 Å². The van der Waals surface area contributed by atoms with Gasteiger partial charge in [-0.1, -0.05) is 24.0 Å². The normalized spacial score (nSPS) is 15.8. The Hall–Kier alpha value is -2.91. The molecule has 0 radical (unpaired) electrons. The van der Waals surface area contributed by atoms with Crippen LogP contribution in [0, 0.1) is 17.3 Å². The number of carbonyl (C=O) groups excluding carboxylic acids is 2. The fourth-order valence-electron chi connectivity index (χ4n) is 3.12. The van der Waals surface area contributed by atoms with Gasteiger partial charge in [-0.2, -0.15) is 4.98 Å². The molecule has 0 unspecified atom stereocenters. The van der Waals surface area contributed by atoms with Gasteiger partial charge in [0, 0.05) is 24.2 Å². The summed E-state index contributed by atoms with van der Waals surface area (Å²) in [6.45, 7) is 4.30. The number of nitrogens with zero attached hydrogens (tertiary/aromatic N) is 3. The average molecular weight is 409 g/mol. The van der Waals surface area contributed by atoms with Crippen LogP contribution in [-0.2, 0) is 0 Å². The summed E-state index contributed by atoms with van der Waals surface area (Å²) in [6.07, 6.45) is 4.40. The van der Waals surface area contributed by atoms with Crippen molar-refractivity contribution in [2.75, 3.05) is 11.9 Å². The number of benzene rings is 1. The first-order valence-electron chi connectivity index (χ1n) is 9.61. The Morgan fingerprint density at radius 2 is 1.86 bits per heavy atom. The van der Waals surface area contributed by atoms with Gasteiger partial charge in [0.25, 0.3) is 11.8 Å². The highest BCUT2D eigenvalue weighted by atomic mass is 35.5. The number of halogens is 1. The monoisotopic (exact) mass is 408 g/mol. The molecule has 0 bridgehead atoms. The molecule has 0 spiro atoms. The highest BCUT2D eigenvalue weighted by Gasteiger charge is 2.35. The van der Waals surface area contributed by atoms with E-state index in [0.29, 0.717) is 41.5 Å². The third kappa shape index (κ3) is 4.25. The highest BCUT2D eigenvalue weighted by Crippen LogP contribution is 2.28. The number of rotatable bonds is 5. The molecule has 29 heavy (non-hydrogen) atoms. The number of anilines is 1. The Morgan fingerprint density at radius 1 is 1.21 bits per heavy atom. The molecular formula is C22H21ClN4O2. The Morgan fingerprint density at radius 3 is 2.48 bits per heavy atom. The molecule has 2 amide bonds. The van der Waals surface area contributed by atoms with E-state index in [1.54, 1.807) is 30.5 Å². The fraction of sp³-hybridized carbons (Fsp3) is 0.364. The van der Waals surface area contributed by atoms with Crippen molar-refractivity contribution in [1.82, 2.24) is 14.9 Å². The van der Waals surface area contributed by atoms with E-state index >= 15 is 0 Å². The van der Waals surface area contributed by atoms with E-state index < -0.39 is 5.41 Å². The molecule has 0 atom stereocenters. The van der Waals surface area contributed by atoms with Crippen LogP contribution < -0.4 is 5.32 Å². The zero-order chi connectivity index (χ0) is 20.6. The van der Waals surface area contributed by atoms with E-state index in [1.807, 2.05) is 13.8 Å². The number of carbonyl (C=O) groups is 2. The lowest BCUT2D eigenvalue weighted by molar-refractivity contribution is 0.0643. The minimum atomic E-state index is -0.411. The van der Waals surface area contributed by atoms with Crippen LogP contribution in [-0.4, -0.2) is 39.3 Å². The molecule has 1 aliphatic heterocycles. The summed E-state index contributed by atoms with van der Waals surface area (Å²) in [4.78, 5) is 34.6. The molecule has 4 rings (SSSR count). The average Bonchev–Trinajstić information content (AvgIpc) is 3.47. The van der Waals surface area contributed by atoms with Crippen LogP contribution in [0.15, 0.2) is 30.5 Å². The molecule has 1 N–H and O–H groups in total. The molecule has 7 heteroatoms.